The van der Waals surface area contributed by atoms with Crippen molar-refractivity contribution in [2.75, 3.05) is 23.4 Å². The zero-order chi connectivity index (χ0) is 19.8. The Morgan fingerprint density at radius 3 is 2.67 bits per heavy atom. The van der Waals surface area contributed by atoms with Crippen LogP contribution in [0.5, 0.6) is 5.75 Å². The standard InChI is InChI=1S/C16H17F3N2O5S/c17-16(18,19)26-13-3-1-2-11(7-13)20-15(23)10-6-14(22)21(8-10)12-4-5-27(24,25)9-12/h1-3,7,10,12H,4-6,8-9H2,(H,20,23)/t10-,12-/m0/s1. The number of carbonyl (C=O) groups excluding carboxylic acids is 2. The minimum Gasteiger partial charge on any atom is -0.406 e. The molecule has 1 aromatic carbocycles. The lowest BCUT2D eigenvalue weighted by molar-refractivity contribution is -0.274. The van der Waals surface area contributed by atoms with Gasteiger partial charge in [-0.25, -0.2) is 8.42 Å². The van der Waals surface area contributed by atoms with Crippen LogP contribution in [0.4, 0.5) is 18.9 Å². The summed E-state index contributed by atoms with van der Waals surface area (Å²) in [4.78, 5) is 25.9. The van der Waals surface area contributed by atoms with Crippen molar-refractivity contribution in [2.24, 2.45) is 5.92 Å². The number of amides is 2. The lowest BCUT2D eigenvalue weighted by Gasteiger charge is -2.23. The molecular weight excluding hydrogens is 389 g/mol. The van der Waals surface area contributed by atoms with E-state index in [1.165, 1.54) is 17.0 Å². The molecule has 1 aromatic rings. The van der Waals surface area contributed by atoms with E-state index in [2.05, 4.69) is 10.1 Å². The molecule has 1 N–H and O–H groups in total. The van der Waals surface area contributed by atoms with Crippen LogP contribution in [0.3, 0.4) is 0 Å². The number of rotatable bonds is 4. The molecule has 27 heavy (non-hydrogen) atoms. The third-order valence-corrected chi connectivity index (χ3v) is 6.26. The lowest BCUT2D eigenvalue weighted by atomic mass is 10.1. The fourth-order valence-corrected chi connectivity index (χ4v) is 5.03. The zero-order valence-electron chi connectivity index (χ0n) is 14.0. The monoisotopic (exact) mass is 406 g/mol. The van der Waals surface area contributed by atoms with Crippen molar-refractivity contribution in [1.82, 2.24) is 4.90 Å². The molecule has 0 aliphatic carbocycles. The second-order valence-electron chi connectivity index (χ2n) is 6.57. The molecule has 2 saturated heterocycles. The topological polar surface area (TPSA) is 92.8 Å². The number of sulfone groups is 1. The van der Waals surface area contributed by atoms with E-state index in [1.807, 2.05) is 0 Å². The van der Waals surface area contributed by atoms with Crippen LogP contribution >= 0.6 is 0 Å². The summed E-state index contributed by atoms with van der Waals surface area (Å²) in [6, 6.07) is 4.41. The van der Waals surface area contributed by atoms with Crippen molar-refractivity contribution in [2.45, 2.75) is 25.2 Å². The molecule has 0 radical (unpaired) electrons. The number of likely N-dealkylation sites (tertiary alicyclic amines) is 1. The molecule has 0 aromatic heterocycles. The van der Waals surface area contributed by atoms with Gasteiger partial charge in [-0.2, -0.15) is 0 Å². The molecule has 2 aliphatic rings. The maximum absolute atomic E-state index is 12.4. The maximum Gasteiger partial charge on any atom is 0.573 e. The number of hydrogen-bond acceptors (Lipinski definition) is 5. The second-order valence-corrected chi connectivity index (χ2v) is 8.80. The van der Waals surface area contributed by atoms with Crippen LogP contribution in [0, 0.1) is 5.92 Å². The maximum atomic E-state index is 12.4. The van der Waals surface area contributed by atoms with Gasteiger partial charge in [0.15, 0.2) is 9.84 Å². The predicted molar refractivity (Wildman–Crippen MR) is 88.6 cm³/mol. The summed E-state index contributed by atoms with van der Waals surface area (Å²) in [5, 5.41) is 2.47. The first kappa shape index (κ1) is 19.5. The number of nitrogens with one attached hydrogen (secondary N) is 1. The number of hydrogen-bond donors (Lipinski definition) is 1. The van der Waals surface area contributed by atoms with E-state index >= 15 is 0 Å². The first-order valence-corrected chi connectivity index (χ1v) is 10.0. The molecule has 0 saturated carbocycles. The summed E-state index contributed by atoms with van der Waals surface area (Å²) in [6.45, 7) is 0.0869. The molecule has 2 aliphatic heterocycles. The second kappa shape index (κ2) is 7.02. The third kappa shape index (κ3) is 4.90. The number of benzene rings is 1. The fourth-order valence-electron chi connectivity index (χ4n) is 3.30. The summed E-state index contributed by atoms with van der Waals surface area (Å²) in [5.41, 5.74) is 0.107. The van der Waals surface area contributed by atoms with Gasteiger partial charge in [0.2, 0.25) is 11.8 Å². The van der Waals surface area contributed by atoms with Crippen LogP contribution in [0.15, 0.2) is 24.3 Å². The number of alkyl halides is 3. The number of halogens is 3. The number of nitrogens with zero attached hydrogens (tertiary/aromatic N) is 1. The predicted octanol–water partition coefficient (Wildman–Crippen LogP) is 1.56. The Kier molecular flexibility index (Phi) is 5.06. The molecular formula is C16H17F3N2O5S. The van der Waals surface area contributed by atoms with Gasteiger partial charge in [0.25, 0.3) is 0 Å². The highest BCUT2D eigenvalue weighted by Gasteiger charge is 2.42. The van der Waals surface area contributed by atoms with Gasteiger partial charge in [-0.15, -0.1) is 13.2 Å². The molecule has 2 amide bonds. The normalized spacial score (nSPS) is 24.9. The van der Waals surface area contributed by atoms with Crippen molar-refractivity contribution >= 4 is 27.3 Å². The summed E-state index contributed by atoms with van der Waals surface area (Å²) in [5.74, 6) is -2.08. The first-order chi connectivity index (χ1) is 12.5. The number of ether oxygens (including phenoxy) is 1. The highest BCUT2D eigenvalue weighted by Crippen LogP contribution is 2.28. The summed E-state index contributed by atoms with van der Waals surface area (Å²) in [6.07, 6.45) is -4.57. The Morgan fingerprint density at radius 1 is 1.30 bits per heavy atom. The Labute approximate surface area is 153 Å². The molecule has 0 bridgehead atoms. The number of carbonyl (C=O) groups is 2. The van der Waals surface area contributed by atoms with E-state index < -0.39 is 39.8 Å². The van der Waals surface area contributed by atoms with E-state index in [4.69, 9.17) is 0 Å². The van der Waals surface area contributed by atoms with Crippen LogP contribution in [-0.4, -0.2) is 55.6 Å². The molecule has 7 nitrogen and oxygen atoms in total. The molecule has 2 atom stereocenters. The van der Waals surface area contributed by atoms with Gasteiger partial charge in [0, 0.05) is 30.8 Å². The fraction of sp³-hybridized carbons (Fsp3) is 0.500. The first-order valence-electron chi connectivity index (χ1n) is 8.19. The molecule has 2 fully saturated rings. The van der Waals surface area contributed by atoms with Crippen molar-refractivity contribution in [3.8, 4) is 5.75 Å². The van der Waals surface area contributed by atoms with Crippen LogP contribution in [0.1, 0.15) is 12.8 Å². The molecule has 11 heteroatoms. The number of anilines is 1. The van der Waals surface area contributed by atoms with Gasteiger partial charge in [-0.05, 0) is 18.6 Å². The Bertz CT molecular complexity index is 856. The molecule has 0 spiro atoms. The van der Waals surface area contributed by atoms with Gasteiger partial charge in [0.05, 0.1) is 17.4 Å². The zero-order valence-corrected chi connectivity index (χ0v) is 14.8. The van der Waals surface area contributed by atoms with Crippen molar-refractivity contribution in [3.05, 3.63) is 24.3 Å². The lowest BCUT2D eigenvalue weighted by Crippen LogP contribution is -2.38. The van der Waals surface area contributed by atoms with E-state index in [-0.39, 0.29) is 36.1 Å². The van der Waals surface area contributed by atoms with E-state index in [9.17, 15) is 31.2 Å². The molecule has 3 rings (SSSR count). The van der Waals surface area contributed by atoms with Gasteiger partial charge in [0.1, 0.15) is 5.75 Å². The van der Waals surface area contributed by atoms with Gasteiger partial charge >= 0.3 is 6.36 Å². The molecule has 0 unspecified atom stereocenters. The smallest absolute Gasteiger partial charge is 0.406 e. The minimum absolute atomic E-state index is 0.0182. The quantitative estimate of drug-likeness (QED) is 0.819. The Balaban J connectivity index is 1.62. The van der Waals surface area contributed by atoms with Crippen LogP contribution in [0.2, 0.25) is 0 Å². The van der Waals surface area contributed by atoms with Crippen molar-refractivity contribution in [1.29, 1.82) is 0 Å². The van der Waals surface area contributed by atoms with Gasteiger partial charge in [-0.3, -0.25) is 9.59 Å². The van der Waals surface area contributed by atoms with E-state index in [1.54, 1.807) is 0 Å². The SMILES string of the molecule is O=C(Nc1cccc(OC(F)(F)F)c1)[C@H]1CC(=O)N([C@H]2CCS(=O)(=O)C2)C1. The van der Waals surface area contributed by atoms with Crippen molar-refractivity contribution < 1.29 is 35.9 Å². The van der Waals surface area contributed by atoms with E-state index in [0.29, 0.717) is 6.42 Å². The summed E-state index contributed by atoms with van der Waals surface area (Å²) < 4.78 is 63.8. The van der Waals surface area contributed by atoms with Gasteiger partial charge in [-0.1, -0.05) is 6.07 Å². The summed E-state index contributed by atoms with van der Waals surface area (Å²) in [7, 11) is -3.16. The summed E-state index contributed by atoms with van der Waals surface area (Å²) >= 11 is 0. The average Bonchev–Trinajstić information content (AvgIpc) is 3.08. The van der Waals surface area contributed by atoms with E-state index in [0.717, 1.165) is 12.1 Å². The molecule has 148 valence electrons. The average molecular weight is 406 g/mol. The van der Waals surface area contributed by atoms with Gasteiger partial charge < -0.3 is 15.0 Å². The third-order valence-electron chi connectivity index (χ3n) is 4.51. The van der Waals surface area contributed by atoms with Crippen molar-refractivity contribution in [3.63, 3.8) is 0 Å². The minimum atomic E-state index is -4.84. The molecule has 2 heterocycles. The Morgan fingerprint density at radius 2 is 2.04 bits per heavy atom. The highest BCUT2D eigenvalue weighted by atomic mass is 32.2. The Hall–Kier alpha value is -2.30. The highest BCUT2D eigenvalue weighted by molar-refractivity contribution is 7.91. The largest absolute Gasteiger partial charge is 0.573 e. The van der Waals surface area contributed by atoms with Crippen LogP contribution < -0.4 is 10.1 Å². The van der Waals surface area contributed by atoms with Crippen LogP contribution in [-0.2, 0) is 19.4 Å². The van der Waals surface area contributed by atoms with Crippen LogP contribution in [0.25, 0.3) is 0 Å².